The number of aliphatic hydroxyl groups is 1. The molecule has 0 saturated carbocycles. The molecule has 0 aliphatic rings. The zero-order chi connectivity index (χ0) is 18.8. The molecule has 2 heterocycles. The van der Waals surface area contributed by atoms with E-state index in [1.165, 1.54) is 17.4 Å². The van der Waals surface area contributed by atoms with E-state index >= 15 is 0 Å². The summed E-state index contributed by atoms with van der Waals surface area (Å²) < 4.78 is 14.5. The van der Waals surface area contributed by atoms with Crippen LogP contribution in [-0.2, 0) is 0 Å². The van der Waals surface area contributed by atoms with Crippen LogP contribution in [0.5, 0.6) is 0 Å². The SMILES string of the molecule is OC(c1cccnc1)c1c(-c2ccccc2F)csc1-c1ccc(Cl)cc1. The highest BCUT2D eigenvalue weighted by molar-refractivity contribution is 7.14. The van der Waals surface area contributed by atoms with Crippen LogP contribution in [0.4, 0.5) is 4.39 Å². The largest absolute Gasteiger partial charge is 0.384 e. The monoisotopic (exact) mass is 395 g/mol. The number of hydrogen-bond donors (Lipinski definition) is 1. The molecule has 4 rings (SSSR count). The van der Waals surface area contributed by atoms with E-state index in [9.17, 15) is 9.50 Å². The van der Waals surface area contributed by atoms with Crippen LogP contribution < -0.4 is 0 Å². The van der Waals surface area contributed by atoms with Gasteiger partial charge in [-0.05, 0) is 35.2 Å². The highest BCUT2D eigenvalue weighted by Gasteiger charge is 2.24. The number of aromatic nitrogens is 1. The Morgan fingerprint density at radius 1 is 0.963 bits per heavy atom. The van der Waals surface area contributed by atoms with Gasteiger partial charge < -0.3 is 5.11 Å². The number of halogens is 2. The number of rotatable bonds is 4. The lowest BCUT2D eigenvalue weighted by molar-refractivity contribution is 0.221. The molecule has 0 amide bonds. The van der Waals surface area contributed by atoms with Gasteiger partial charge in [0.15, 0.2) is 0 Å². The Kier molecular flexibility index (Phi) is 5.03. The second-order valence-electron chi connectivity index (χ2n) is 6.07. The first-order valence-electron chi connectivity index (χ1n) is 8.35. The van der Waals surface area contributed by atoms with E-state index in [0.717, 1.165) is 10.4 Å². The van der Waals surface area contributed by atoms with Gasteiger partial charge in [-0.15, -0.1) is 11.3 Å². The van der Waals surface area contributed by atoms with Gasteiger partial charge in [0.25, 0.3) is 0 Å². The maximum absolute atomic E-state index is 14.5. The molecular formula is C22H15ClFNOS. The van der Waals surface area contributed by atoms with E-state index < -0.39 is 6.10 Å². The number of nitrogens with zero attached hydrogens (tertiary/aromatic N) is 1. The van der Waals surface area contributed by atoms with Crippen LogP contribution in [0, 0.1) is 5.82 Å². The maximum atomic E-state index is 14.5. The molecule has 5 heteroatoms. The molecule has 0 radical (unpaired) electrons. The van der Waals surface area contributed by atoms with Crippen molar-refractivity contribution in [2.45, 2.75) is 6.10 Å². The fourth-order valence-electron chi connectivity index (χ4n) is 3.06. The Hall–Kier alpha value is -2.53. The molecule has 1 unspecified atom stereocenters. The quantitative estimate of drug-likeness (QED) is 0.436. The molecule has 2 aromatic heterocycles. The number of pyridine rings is 1. The van der Waals surface area contributed by atoms with Gasteiger partial charge in [0.2, 0.25) is 0 Å². The molecule has 1 N–H and O–H groups in total. The summed E-state index contributed by atoms with van der Waals surface area (Å²) in [6, 6.07) is 17.6. The zero-order valence-electron chi connectivity index (χ0n) is 14.1. The van der Waals surface area contributed by atoms with Crippen molar-refractivity contribution in [1.29, 1.82) is 0 Å². The van der Waals surface area contributed by atoms with Gasteiger partial charge in [-0.2, -0.15) is 0 Å². The van der Waals surface area contributed by atoms with E-state index in [1.54, 1.807) is 48.8 Å². The summed E-state index contributed by atoms with van der Waals surface area (Å²) in [5, 5.41) is 13.7. The van der Waals surface area contributed by atoms with Crippen molar-refractivity contribution in [3.63, 3.8) is 0 Å². The van der Waals surface area contributed by atoms with Gasteiger partial charge in [0.05, 0.1) is 0 Å². The van der Waals surface area contributed by atoms with Crippen LogP contribution in [0.25, 0.3) is 21.6 Å². The summed E-state index contributed by atoms with van der Waals surface area (Å²) in [5.74, 6) is -0.322. The average Bonchev–Trinajstić information content (AvgIpc) is 3.14. The summed E-state index contributed by atoms with van der Waals surface area (Å²) in [5.41, 5.74) is 3.39. The van der Waals surface area contributed by atoms with Crippen LogP contribution >= 0.6 is 22.9 Å². The predicted molar refractivity (Wildman–Crippen MR) is 108 cm³/mol. The third-order valence-corrected chi connectivity index (χ3v) is 5.67. The molecule has 0 spiro atoms. The predicted octanol–water partition coefficient (Wildman–Crippen LogP) is 6.35. The van der Waals surface area contributed by atoms with E-state index in [4.69, 9.17) is 11.6 Å². The van der Waals surface area contributed by atoms with Gasteiger partial charge in [-0.25, -0.2) is 4.39 Å². The molecule has 134 valence electrons. The lowest BCUT2D eigenvalue weighted by Gasteiger charge is -2.16. The number of thiophene rings is 1. The minimum atomic E-state index is -0.926. The second-order valence-corrected chi connectivity index (χ2v) is 7.38. The molecule has 2 aromatic carbocycles. The lowest BCUT2D eigenvalue weighted by Crippen LogP contribution is -2.02. The maximum Gasteiger partial charge on any atom is 0.131 e. The van der Waals surface area contributed by atoms with Crippen molar-refractivity contribution in [3.05, 3.63) is 100 Å². The Bertz CT molecular complexity index is 1060. The smallest absolute Gasteiger partial charge is 0.131 e. The van der Waals surface area contributed by atoms with Crippen LogP contribution in [0.15, 0.2) is 78.4 Å². The Morgan fingerprint density at radius 2 is 1.74 bits per heavy atom. The highest BCUT2D eigenvalue weighted by Crippen LogP contribution is 2.44. The minimum absolute atomic E-state index is 0.322. The van der Waals surface area contributed by atoms with Crippen LogP contribution in [0.1, 0.15) is 17.2 Å². The van der Waals surface area contributed by atoms with Gasteiger partial charge in [0.1, 0.15) is 11.9 Å². The summed E-state index contributed by atoms with van der Waals surface area (Å²) in [6.07, 6.45) is 2.35. The third kappa shape index (κ3) is 3.52. The van der Waals surface area contributed by atoms with E-state index in [0.29, 0.717) is 27.3 Å². The molecule has 0 fully saturated rings. The first-order chi connectivity index (χ1) is 13.1. The van der Waals surface area contributed by atoms with Crippen LogP contribution in [-0.4, -0.2) is 10.1 Å². The van der Waals surface area contributed by atoms with Gasteiger partial charge in [0, 0.05) is 44.5 Å². The second kappa shape index (κ2) is 7.61. The number of aliphatic hydroxyl groups excluding tert-OH is 1. The van der Waals surface area contributed by atoms with E-state index in [-0.39, 0.29) is 5.82 Å². The molecule has 4 aromatic rings. The molecule has 27 heavy (non-hydrogen) atoms. The van der Waals surface area contributed by atoms with Crippen LogP contribution in [0.2, 0.25) is 5.02 Å². The first kappa shape index (κ1) is 17.9. The van der Waals surface area contributed by atoms with Crippen molar-refractivity contribution in [1.82, 2.24) is 4.98 Å². The Balaban J connectivity index is 1.93. The normalized spacial score (nSPS) is 12.1. The molecule has 0 bridgehead atoms. The highest BCUT2D eigenvalue weighted by atomic mass is 35.5. The fourth-order valence-corrected chi connectivity index (χ4v) is 4.29. The van der Waals surface area contributed by atoms with Crippen molar-refractivity contribution < 1.29 is 9.50 Å². The van der Waals surface area contributed by atoms with Crippen molar-refractivity contribution >= 4 is 22.9 Å². The molecule has 1 atom stereocenters. The topological polar surface area (TPSA) is 33.1 Å². The number of benzene rings is 2. The zero-order valence-corrected chi connectivity index (χ0v) is 15.7. The standard InChI is InChI=1S/C22H15ClFNOS/c23-16-9-7-14(8-10-16)22-20(21(26)15-4-3-11-25-12-15)18(13-27-22)17-5-1-2-6-19(17)24/h1-13,21,26H. The minimum Gasteiger partial charge on any atom is -0.384 e. The molecular weight excluding hydrogens is 381 g/mol. The summed E-state index contributed by atoms with van der Waals surface area (Å²) in [6.45, 7) is 0. The lowest BCUT2D eigenvalue weighted by atomic mass is 9.93. The Labute approximate surface area is 165 Å². The molecule has 2 nitrogen and oxygen atoms in total. The molecule has 0 aliphatic heterocycles. The fraction of sp³-hybridized carbons (Fsp3) is 0.0455. The van der Waals surface area contributed by atoms with Crippen LogP contribution in [0.3, 0.4) is 0 Å². The molecule has 0 saturated heterocycles. The van der Waals surface area contributed by atoms with Crippen molar-refractivity contribution in [2.24, 2.45) is 0 Å². The van der Waals surface area contributed by atoms with Gasteiger partial charge in [-0.1, -0.05) is 48.0 Å². The van der Waals surface area contributed by atoms with Crippen molar-refractivity contribution in [2.75, 3.05) is 0 Å². The third-order valence-electron chi connectivity index (χ3n) is 4.37. The van der Waals surface area contributed by atoms with Gasteiger partial charge >= 0.3 is 0 Å². The van der Waals surface area contributed by atoms with E-state index in [2.05, 4.69) is 4.98 Å². The summed E-state index contributed by atoms with van der Waals surface area (Å²) in [7, 11) is 0. The Morgan fingerprint density at radius 3 is 2.44 bits per heavy atom. The van der Waals surface area contributed by atoms with Gasteiger partial charge in [-0.3, -0.25) is 4.98 Å². The van der Waals surface area contributed by atoms with Crippen molar-refractivity contribution in [3.8, 4) is 21.6 Å². The summed E-state index contributed by atoms with van der Waals surface area (Å²) in [4.78, 5) is 4.98. The molecule has 0 aliphatic carbocycles. The number of hydrogen-bond acceptors (Lipinski definition) is 3. The van der Waals surface area contributed by atoms with E-state index in [1.807, 2.05) is 23.6 Å². The summed E-state index contributed by atoms with van der Waals surface area (Å²) >= 11 is 7.49. The average molecular weight is 396 g/mol. The first-order valence-corrected chi connectivity index (χ1v) is 9.61.